The van der Waals surface area contributed by atoms with Crippen molar-refractivity contribution >= 4 is 27.3 Å². The summed E-state index contributed by atoms with van der Waals surface area (Å²) < 4.78 is 27.2. The van der Waals surface area contributed by atoms with E-state index in [0.717, 1.165) is 24.0 Å². The van der Waals surface area contributed by atoms with Crippen molar-refractivity contribution in [3.63, 3.8) is 0 Å². The summed E-state index contributed by atoms with van der Waals surface area (Å²) in [5, 5.41) is 0.390. The lowest BCUT2D eigenvalue weighted by atomic mass is 10.1. The molecule has 0 fully saturated rings. The number of anilines is 1. The van der Waals surface area contributed by atoms with Gasteiger partial charge in [-0.1, -0.05) is 43.1 Å². The van der Waals surface area contributed by atoms with E-state index in [0.29, 0.717) is 10.7 Å². The van der Waals surface area contributed by atoms with E-state index in [1.807, 2.05) is 25.1 Å². The van der Waals surface area contributed by atoms with Gasteiger partial charge in [0.2, 0.25) is 0 Å². The van der Waals surface area contributed by atoms with Gasteiger partial charge in [0.25, 0.3) is 10.0 Å². The molecule has 0 saturated heterocycles. The van der Waals surface area contributed by atoms with Gasteiger partial charge in [0.1, 0.15) is 0 Å². The van der Waals surface area contributed by atoms with Crippen molar-refractivity contribution in [2.45, 2.75) is 31.6 Å². The van der Waals surface area contributed by atoms with Crippen LogP contribution in [0.25, 0.3) is 0 Å². The maximum atomic E-state index is 12.3. The molecule has 0 aliphatic carbocycles. The van der Waals surface area contributed by atoms with Gasteiger partial charge in [-0.05, 0) is 48.7 Å². The van der Waals surface area contributed by atoms with Gasteiger partial charge in [-0.3, -0.25) is 4.72 Å². The van der Waals surface area contributed by atoms with Crippen LogP contribution in [0.15, 0.2) is 47.4 Å². The van der Waals surface area contributed by atoms with E-state index >= 15 is 0 Å². The summed E-state index contributed by atoms with van der Waals surface area (Å²) in [5.74, 6) is 0. The standard InChI is InChI=1S/C16H18ClNO2S/c1-3-4-13-6-8-14(9-7-13)21(19,20)18-16-10-5-12(2)11-15(16)17/h5-11,18H,3-4H2,1-2H3. The summed E-state index contributed by atoms with van der Waals surface area (Å²) in [6.07, 6.45) is 1.97. The molecule has 2 aromatic rings. The molecule has 112 valence electrons. The Labute approximate surface area is 131 Å². The molecule has 0 radical (unpaired) electrons. The Morgan fingerprint density at radius 1 is 1.10 bits per heavy atom. The van der Waals surface area contributed by atoms with Gasteiger partial charge in [0.15, 0.2) is 0 Å². The SMILES string of the molecule is CCCc1ccc(S(=O)(=O)Nc2ccc(C)cc2Cl)cc1. The van der Waals surface area contributed by atoms with Gasteiger partial charge >= 0.3 is 0 Å². The fourth-order valence-corrected chi connectivity index (χ4v) is 3.45. The predicted molar refractivity (Wildman–Crippen MR) is 87.4 cm³/mol. The van der Waals surface area contributed by atoms with E-state index in [1.165, 1.54) is 0 Å². The minimum atomic E-state index is -3.61. The Kier molecular flexibility index (Phi) is 4.91. The van der Waals surface area contributed by atoms with Gasteiger partial charge in [0, 0.05) is 0 Å². The monoisotopic (exact) mass is 323 g/mol. The van der Waals surface area contributed by atoms with Gasteiger partial charge in [-0.15, -0.1) is 0 Å². The summed E-state index contributed by atoms with van der Waals surface area (Å²) in [6.45, 7) is 3.99. The quantitative estimate of drug-likeness (QED) is 0.886. The topological polar surface area (TPSA) is 46.2 Å². The first kappa shape index (κ1) is 15.9. The van der Waals surface area contributed by atoms with E-state index in [4.69, 9.17) is 11.6 Å². The van der Waals surface area contributed by atoms with Crippen molar-refractivity contribution in [1.29, 1.82) is 0 Å². The van der Waals surface area contributed by atoms with Crippen LogP contribution >= 0.6 is 11.6 Å². The fourth-order valence-electron chi connectivity index (χ4n) is 2.03. The van der Waals surface area contributed by atoms with Crippen LogP contribution in [-0.4, -0.2) is 8.42 Å². The first-order valence-electron chi connectivity index (χ1n) is 6.80. The lowest BCUT2D eigenvalue weighted by Gasteiger charge is -2.10. The van der Waals surface area contributed by atoms with Crippen LogP contribution in [0.1, 0.15) is 24.5 Å². The molecule has 2 rings (SSSR count). The number of sulfonamides is 1. The van der Waals surface area contributed by atoms with Gasteiger partial charge in [0.05, 0.1) is 15.6 Å². The number of benzene rings is 2. The molecule has 5 heteroatoms. The van der Waals surface area contributed by atoms with E-state index in [2.05, 4.69) is 11.6 Å². The third-order valence-corrected chi connectivity index (χ3v) is 4.84. The Hall–Kier alpha value is -1.52. The molecule has 0 bridgehead atoms. The predicted octanol–water partition coefficient (Wildman–Crippen LogP) is 4.40. The van der Waals surface area contributed by atoms with Crippen LogP contribution in [0.5, 0.6) is 0 Å². The Morgan fingerprint density at radius 2 is 1.76 bits per heavy atom. The van der Waals surface area contributed by atoms with Crippen molar-refractivity contribution in [3.05, 3.63) is 58.6 Å². The molecular weight excluding hydrogens is 306 g/mol. The highest BCUT2D eigenvalue weighted by atomic mass is 35.5. The minimum absolute atomic E-state index is 0.235. The van der Waals surface area contributed by atoms with Crippen LogP contribution < -0.4 is 4.72 Å². The highest BCUT2D eigenvalue weighted by molar-refractivity contribution is 7.92. The summed E-state index contributed by atoms with van der Waals surface area (Å²) in [4.78, 5) is 0.235. The van der Waals surface area contributed by atoms with Gasteiger partial charge in [-0.25, -0.2) is 8.42 Å². The molecule has 0 unspecified atom stereocenters. The van der Waals surface area contributed by atoms with Crippen LogP contribution in [0, 0.1) is 6.92 Å². The molecule has 0 saturated carbocycles. The fraction of sp³-hybridized carbons (Fsp3) is 0.250. The molecule has 0 amide bonds. The first-order chi connectivity index (χ1) is 9.92. The molecule has 21 heavy (non-hydrogen) atoms. The van der Waals surface area contributed by atoms with Crippen molar-refractivity contribution in [2.24, 2.45) is 0 Å². The molecule has 0 aliphatic rings. The minimum Gasteiger partial charge on any atom is -0.278 e. The second-order valence-corrected chi connectivity index (χ2v) is 7.07. The lowest BCUT2D eigenvalue weighted by Crippen LogP contribution is -2.13. The summed E-state index contributed by atoms with van der Waals surface area (Å²) in [6, 6.07) is 12.1. The Bertz CT molecular complexity index is 724. The van der Waals surface area contributed by atoms with Crippen molar-refractivity contribution in [3.8, 4) is 0 Å². The molecule has 0 heterocycles. The number of rotatable bonds is 5. The normalized spacial score (nSPS) is 11.4. The van der Waals surface area contributed by atoms with Crippen LogP contribution in [0.4, 0.5) is 5.69 Å². The number of nitrogens with one attached hydrogen (secondary N) is 1. The van der Waals surface area contributed by atoms with Crippen molar-refractivity contribution in [2.75, 3.05) is 4.72 Å². The Morgan fingerprint density at radius 3 is 2.33 bits per heavy atom. The zero-order chi connectivity index (χ0) is 15.5. The average molecular weight is 324 g/mol. The van der Waals surface area contributed by atoms with Gasteiger partial charge < -0.3 is 0 Å². The summed E-state index contributed by atoms with van der Waals surface area (Å²) >= 11 is 6.06. The van der Waals surface area contributed by atoms with E-state index in [9.17, 15) is 8.42 Å². The average Bonchev–Trinajstić information content (AvgIpc) is 2.43. The summed E-state index contributed by atoms with van der Waals surface area (Å²) in [7, 11) is -3.61. The number of aryl methyl sites for hydroxylation is 2. The molecule has 0 aliphatic heterocycles. The second kappa shape index (κ2) is 6.50. The maximum Gasteiger partial charge on any atom is 0.261 e. The number of halogens is 1. The molecule has 0 atom stereocenters. The van der Waals surface area contributed by atoms with Crippen molar-refractivity contribution in [1.82, 2.24) is 0 Å². The highest BCUT2D eigenvalue weighted by Gasteiger charge is 2.15. The molecule has 0 spiro atoms. The second-order valence-electron chi connectivity index (χ2n) is 4.98. The van der Waals surface area contributed by atoms with E-state index in [1.54, 1.807) is 24.3 Å². The van der Waals surface area contributed by atoms with Crippen LogP contribution in [-0.2, 0) is 16.4 Å². The smallest absolute Gasteiger partial charge is 0.261 e. The zero-order valence-electron chi connectivity index (χ0n) is 12.1. The maximum absolute atomic E-state index is 12.3. The van der Waals surface area contributed by atoms with E-state index in [-0.39, 0.29) is 4.90 Å². The third-order valence-electron chi connectivity index (χ3n) is 3.14. The van der Waals surface area contributed by atoms with Gasteiger partial charge in [-0.2, -0.15) is 0 Å². The largest absolute Gasteiger partial charge is 0.278 e. The molecular formula is C16H18ClNO2S. The first-order valence-corrected chi connectivity index (χ1v) is 8.66. The van der Waals surface area contributed by atoms with E-state index < -0.39 is 10.0 Å². The molecule has 1 N–H and O–H groups in total. The molecule has 2 aromatic carbocycles. The lowest BCUT2D eigenvalue weighted by molar-refractivity contribution is 0.601. The summed E-state index contributed by atoms with van der Waals surface area (Å²) in [5.41, 5.74) is 2.50. The van der Waals surface area contributed by atoms with Crippen molar-refractivity contribution < 1.29 is 8.42 Å². The Balaban J connectivity index is 2.25. The number of hydrogen-bond donors (Lipinski definition) is 1. The highest BCUT2D eigenvalue weighted by Crippen LogP contribution is 2.25. The third kappa shape index (κ3) is 3.99. The zero-order valence-corrected chi connectivity index (χ0v) is 13.6. The molecule has 0 aromatic heterocycles. The van der Waals surface area contributed by atoms with Crippen LogP contribution in [0.2, 0.25) is 5.02 Å². The molecule has 3 nitrogen and oxygen atoms in total. The van der Waals surface area contributed by atoms with Crippen LogP contribution in [0.3, 0.4) is 0 Å². The number of hydrogen-bond acceptors (Lipinski definition) is 2.